The third-order valence-electron chi connectivity index (χ3n) is 4.56. The Balaban J connectivity index is 1.78. The Morgan fingerprint density at radius 2 is 1.96 bits per heavy atom. The molecule has 0 N–H and O–H groups in total. The molecule has 1 atom stereocenters. The van der Waals surface area contributed by atoms with E-state index in [9.17, 15) is 4.79 Å². The summed E-state index contributed by atoms with van der Waals surface area (Å²) in [6, 6.07) is 14.1. The summed E-state index contributed by atoms with van der Waals surface area (Å²) in [5.74, 6) is 0.816. The molecule has 0 aromatic heterocycles. The van der Waals surface area contributed by atoms with E-state index in [1.165, 1.54) is 16.7 Å². The van der Waals surface area contributed by atoms with Gasteiger partial charge in [-0.15, -0.1) is 0 Å². The molecule has 3 nitrogen and oxygen atoms in total. The van der Waals surface area contributed by atoms with Crippen molar-refractivity contribution in [2.45, 2.75) is 39.7 Å². The summed E-state index contributed by atoms with van der Waals surface area (Å²) < 4.78 is 6.00. The second kappa shape index (κ2) is 6.45. The minimum absolute atomic E-state index is 0.0516. The summed E-state index contributed by atoms with van der Waals surface area (Å²) >= 11 is 0. The van der Waals surface area contributed by atoms with Crippen LogP contribution in [0, 0.1) is 13.8 Å². The van der Waals surface area contributed by atoms with Crippen LogP contribution in [-0.2, 0) is 11.2 Å². The van der Waals surface area contributed by atoms with Crippen molar-refractivity contribution in [3.05, 3.63) is 59.2 Å². The molecule has 0 unspecified atom stereocenters. The summed E-state index contributed by atoms with van der Waals surface area (Å²) in [5.41, 5.74) is 4.67. The first-order chi connectivity index (χ1) is 11.1. The highest BCUT2D eigenvalue weighted by atomic mass is 16.5. The van der Waals surface area contributed by atoms with E-state index >= 15 is 0 Å². The van der Waals surface area contributed by atoms with Crippen molar-refractivity contribution in [3.8, 4) is 5.75 Å². The number of anilines is 1. The Hall–Kier alpha value is -2.29. The number of fused-ring (bicyclic) bond motifs is 1. The summed E-state index contributed by atoms with van der Waals surface area (Å²) in [7, 11) is 0. The maximum atomic E-state index is 12.9. The lowest BCUT2D eigenvalue weighted by Gasteiger charge is -2.24. The predicted octanol–water partition coefficient (Wildman–Crippen LogP) is 4.05. The second-order valence-electron chi connectivity index (χ2n) is 6.13. The van der Waals surface area contributed by atoms with Gasteiger partial charge in [-0.3, -0.25) is 4.79 Å². The van der Waals surface area contributed by atoms with Crippen LogP contribution in [0.3, 0.4) is 0 Å². The number of hydrogen-bond donors (Lipinski definition) is 0. The van der Waals surface area contributed by atoms with Crippen LogP contribution >= 0.6 is 0 Å². The van der Waals surface area contributed by atoms with Crippen LogP contribution in [0.1, 0.15) is 30.0 Å². The number of hydrogen-bond acceptors (Lipinski definition) is 2. The van der Waals surface area contributed by atoms with Crippen molar-refractivity contribution < 1.29 is 9.53 Å². The first kappa shape index (κ1) is 15.6. The van der Waals surface area contributed by atoms with Gasteiger partial charge in [0.15, 0.2) is 6.10 Å². The van der Waals surface area contributed by atoms with Gasteiger partial charge in [0.1, 0.15) is 5.75 Å². The number of rotatable bonds is 4. The molecule has 23 heavy (non-hydrogen) atoms. The number of amides is 1. The topological polar surface area (TPSA) is 29.5 Å². The summed E-state index contributed by atoms with van der Waals surface area (Å²) in [6.07, 6.45) is 1.13. The fourth-order valence-electron chi connectivity index (χ4n) is 3.00. The summed E-state index contributed by atoms with van der Waals surface area (Å²) in [6.45, 7) is 6.86. The molecule has 2 aromatic rings. The van der Waals surface area contributed by atoms with Gasteiger partial charge in [0.25, 0.3) is 5.91 Å². The first-order valence-corrected chi connectivity index (χ1v) is 8.23. The molecule has 0 spiro atoms. The molecule has 0 saturated carbocycles. The van der Waals surface area contributed by atoms with Crippen molar-refractivity contribution in [1.82, 2.24) is 0 Å². The number of carbonyl (C=O) groups is 1. The second-order valence-corrected chi connectivity index (χ2v) is 6.13. The van der Waals surface area contributed by atoms with Crippen LogP contribution in [0.25, 0.3) is 0 Å². The van der Waals surface area contributed by atoms with Gasteiger partial charge in [0, 0.05) is 12.2 Å². The van der Waals surface area contributed by atoms with Crippen molar-refractivity contribution in [3.63, 3.8) is 0 Å². The molecule has 0 bridgehead atoms. The standard InChI is InChI=1S/C20H23NO2/c1-4-19(23-17-10-9-14(2)15(3)13-17)20(22)21-12-11-16-7-5-6-8-18(16)21/h5-10,13,19H,4,11-12H2,1-3H3/t19-/m0/s1. The number of ether oxygens (including phenoxy) is 1. The van der Waals surface area contributed by atoms with Crippen LogP contribution in [0.5, 0.6) is 5.75 Å². The van der Waals surface area contributed by atoms with Crippen LogP contribution in [0.15, 0.2) is 42.5 Å². The average Bonchev–Trinajstić information content (AvgIpc) is 2.99. The Morgan fingerprint density at radius 3 is 2.70 bits per heavy atom. The van der Waals surface area contributed by atoms with Gasteiger partial charge in [-0.2, -0.15) is 0 Å². The van der Waals surface area contributed by atoms with E-state index in [0.29, 0.717) is 6.42 Å². The molecule has 1 aliphatic heterocycles. The average molecular weight is 309 g/mol. The van der Waals surface area contributed by atoms with Crippen LogP contribution < -0.4 is 9.64 Å². The Bertz CT molecular complexity index is 723. The third kappa shape index (κ3) is 3.09. The zero-order valence-corrected chi connectivity index (χ0v) is 14.0. The molecule has 0 radical (unpaired) electrons. The summed E-state index contributed by atoms with van der Waals surface area (Å²) in [4.78, 5) is 14.8. The number of aryl methyl sites for hydroxylation is 2. The van der Waals surface area contributed by atoms with Crippen molar-refractivity contribution in [2.24, 2.45) is 0 Å². The predicted molar refractivity (Wildman–Crippen MR) is 93.1 cm³/mol. The highest BCUT2D eigenvalue weighted by Gasteiger charge is 2.30. The van der Waals surface area contributed by atoms with E-state index in [1.54, 1.807) is 0 Å². The van der Waals surface area contributed by atoms with Crippen LogP contribution in [0.4, 0.5) is 5.69 Å². The molecule has 0 saturated heterocycles. The smallest absolute Gasteiger partial charge is 0.268 e. The highest BCUT2D eigenvalue weighted by molar-refractivity contribution is 5.98. The highest BCUT2D eigenvalue weighted by Crippen LogP contribution is 2.29. The molecule has 1 amide bonds. The lowest BCUT2D eigenvalue weighted by atomic mass is 10.1. The fraction of sp³-hybridized carbons (Fsp3) is 0.350. The zero-order valence-electron chi connectivity index (χ0n) is 14.0. The number of nitrogens with zero attached hydrogens (tertiary/aromatic N) is 1. The fourth-order valence-corrected chi connectivity index (χ4v) is 3.00. The lowest BCUT2D eigenvalue weighted by Crippen LogP contribution is -2.41. The van der Waals surface area contributed by atoms with Gasteiger partial charge < -0.3 is 9.64 Å². The van der Waals surface area contributed by atoms with Gasteiger partial charge in [0.2, 0.25) is 0 Å². The van der Waals surface area contributed by atoms with Crippen molar-refractivity contribution in [1.29, 1.82) is 0 Å². The normalized spacial score (nSPS) is 14.5. The molecule has 1 heterocycles. The Morgan fingerprint density at radius 1 is 1.17 bits per heavy atom. The molecule has 0 aliphatic carbocycles. The zero-order chi connectivity index (χ0) is 16.4. The molecule has 3 heteroatoms. The molecule has 0 fully saturated rings. The van der Waals surface area contributed by atoms with Crippen LogP contribution in [0.2, 0.25) is 0 Å². The van der Waals surface area contributed by atoms with Gasteiger partial charge in [-0.25, -0.2) is 0 Å². The Labute approximate surface area is 137 Å². The largest absolute Gasteiger partial charge is 0.481 e. The lowest BCUT2D eigenvalue weighted by molar-refractivity contribution is -0.125. The first-order valence-electron chi connectivity index (χ1n) is 8.23. The van der Waals surface area contributed by atoms with E-state index in [4.69, 9.17) is 4.74 Å². The number of benzene rings is 2. The minimum atomic E-state index is -0.441. The van der Waals surface area contributed by atoms with Crippen LogP contribution in [-0.4, -0.2) is 18.6 Å². The number of carbonyl (C=O) groups excluding carboxylic acids is 1. The third-order valence-corrected chi connectivity index (χ3v) is 4.56. The maximum absolute atomic E-state index is 12.9. The van der Waals surface area contributed by atoms with Gasteiger partial charge in [-0.1, -0.05) is 31.2 Å². The van der Waals surface area contributed by atoms with E-state index in [2.05, 4.69) is 19.9 Å². The monoisotopic (exact) mass is 309 g/mol. The van der Waals surface area contributed by atoms with E-state index < -0.39 is 6.10 Å². The number of para-hydroxylation sites is 1. The Kier molecular flexibility index (Phi) is 4.37. The SMILES string of the molecule is CC[C@H](Oc1ccc(C)c(C)c1)C(=O)N1CCc2ccccc21. The molecular formula is C20H23NO2. The molecule has 3 rings (SSSR count). The van der Waals surface area contributed by atoms with Gasteiger partial charge >= 0.3 is 0 Å². The van der Waals surface area contributed by atoms with Gasteiger partial charge in [-0.05, 0) is 61.6 Å². The molecular weight excluding hydrogens is 286 g/mol. The van der Waals surface area contributed by atoms with E-state index in [0.717, 1.165) is 24.4 Å². The van der Waals surface area contributed by atoms with Crippen molar-refractivity contribution in [2.75, 3.05) is 11.4 Å². The van der Waals surface area contributed by atoms with E-state index in [1.807, 2.05) is 48.2 Å². The molecule has 2 aromatic carbocycles. The maximum Gasteiger partial charge on any atom is 0.268 e. The minimum Gasteiger partial charge on any atom is -0.481 e. The summed E-state index contributed by atoms with van der Waals surface area (Å²) in [5, 5.41) is 0. The van der Waals surface area contributed by atoms with E-state index in [-0.39, 0.29) is 5.91 Å². The van der Waals surface area contributed by atoms with Crippen molar-refractivity contribution >= 4 is 11.6 Å². The quantitative estimate of drug-likeness (QED) is 0.852. The molecule has 1 aliphatic rings. The molecule has 120 valence electrons. The van der Waals surface area contributed by atoms with Gasteiger partial charge in [0.05, 0.1) is 0 Å².